The van der Waals surface area contributed by atoms with Crippen LogP contribution in [0.2, 0.25) is 0 Å². The number of carbonyl (C=O) groups excluding carboxylic acids is 1. The van der Waals surface area contributed by atoms with Crippen molar-refractivity contribution in [3.8, 4) is 0 Å². The normalized spacial score (nSPS) is 10.5. The molecule has 7 nitrogen and oxygen atoms in total. The van der Waals surface area contributed by atoms with E-state index in [1.54, 1.807) is 18.3 Å². The number of rotatable bonds is 7. The smallest absolute Gasteiger partial charge is 0.163 e. The molecule has 0 bridgehead atoms. The number of nitrogens with zero attached hydrogens (tertiary/aromatic N) is 4. The lowest BCUT2D eigenvalue weighted by Gasteiger charge is -2.25. The maximum Gasteiger partial charge on any atom is 0.163 e. The second-order valence-electron chi connectivity index (χ2n) is 6.98. The van der Waals surface area contributed by atoms with Gasteiger partial charge >= 0.3 is 0 Å². The minimum Gasteiger partial charge on any atom is -0.393 e. The molecule has 0 fully saturated rings. The molecule has 0 amide bonds. The lowest BCUT2D eigenvalue weighted by Crippen LogP contribution is -2.21. The van der Waals surface area contributed by atoms with Gasteiger partial charge in [0.15, 0.2) is 17.4 Å². The van der Waals surface area contributed by atoms with Crippen LogP contribution in [0.1, 0.15) is 22.8 Å². The number of carbonyl (C=O) groups is 1. The van der Waals surface area contributed by atoms with E-state index in [9.17, 15) is 4.79 Å². The molecule has 2 aromatic heterocycles. The SMILES string of the molecule is CC(=O)c1ccc(Nc2ncnc(N(Cc3ccccc3)c3ccccn3)c2N)cc1. The molecule has 7 heteroatoms. The fraction of sp³-hybridized carbons (Fsp3) is 0.0833. The summed E-state index contributed by atoms with van der Waals surface area (Å²) in [5, 5.41) is 3.21. The van der Waals surface area contributed by atoms with Gasteiger partial charge in [-0.3, -0.25) is 4.79 Å². The van der Waals surface area contributed by atoms with Gasteiger partial charge in [-0.15, -0.1) is 0 Å². The van der Waals surface area contributed by atoms with Gasteiger partial charge in [0.2, 0.25) is 0 Å². The maximum absolute atomic E-state index is 11.5. The van der Waals surface area contributed by atoms with Crippen molar-refractivity contribution in [1.82, 2.24) is 15.0 Å². The largest absolute Gasteiger partial charge is 0.393 e. The molecule has 2 heterocycles. The summed E-state index contributed by atoms with van der Waals surface area (Å²) < 4.78 is 0. The van der Waals surface area contributed by atoms with E-state index in [1.165, 1.54) is 13.3 Å². The summed E-state index contributed by atoms with van der Waals surface area (Å²) >= 11 is 0. The Balaban J connectivity index is 1.68. The topological polar surface area (TPSA) is 97.0 Å². The molecule has 4 rings (SSSR count). The summed E-state index contributed by atoms with van der Waals surface area (Å²) in [7, 11) is 0. The zero-order chi connectivity index (χ0) is 21.6. The molecular formula is C24H22N6O. The predicted octanol–water partition coefficient (Wildman–Crippen LogP) is 4.74. The molecule has 0 unspecified atom stereocenters. The maximum atomic E-state index is 11.5. The summed E-state index contributed by atoms with van der Waals surface area (Å²) in [6, 6.07) is 22.9. The molecule has 0 saturated carbocycles. The average Bonchev–Trinajstić information content (AvgIpc) is 2.81. The minimum atomic E-state index is 0.0160. The van der Waals surface area contributed by atoms with Crippen molar-refractivity contribution in [2.24, 2.45) is 0 Å². The number of aromatic nitrogens is 3. The quantitative estimate of drug-likeness (QED) is 0.425. The lowest BCUT2D eigenvalue weighted by atomic mass is 10.1. The molecule has 0 aliphatic carbocycles. The summed E-state index contributed by atoms with van der Waals surface area (Å²) in [5.41, 5.74) is 9.41. The van der Waals surface area contributed by atoms with E-state index in [2.05, 4.69) is 20.3 Å². The Bertz CT molecular complexity index is 1160. The molecule has 154 valence electrons. The Labute approximate surface area is 180 Å². The van der Waals surface area contributed by atoms with Gasteiger partial charge in [0.25, 0.3) is 0 Å². The number of hydrogen-bond acceptors (Lipinski definition) is 7. The van der Waals surface area contributed by atoms with Gasteiger partial charge in [0, 0.05) is 17.4 Å². The molecule has 0 radical (unpaired) electrons. The molecule has 31 heavy (non-hydrogen) atoms. The molecule has 2 aromatic carbocycles. The standard InChI is InChI=1S/C24H22N6O/c1-17(31)19-10-12-20(13-11-19)29-23-22(25)24(28-16-27-23)30(21-9-5-6-14-26-21)15-18-7-3-2-4-8-18/h2-14,16H,15,25H2,1H3,(H,27,28,29). The highest BCUT2D eigenvalue weighted by Crippen LogP contribution is 2.33. The minimum absolute atomic E-state index is 0.0160. The second kappa shape index (κ2) is 9.04. The Morgan fingerprint density at radius 1 is 0.935 bits per heavy atom. The fourth-order valence-corrected chi connectivity index (χ4v) is 3.17. The summed E-state index contributed by atoms with van der Waals surface area (Å²) in [4.78, 5) is 26.7. The van der Waals surface area contributed by atoms with Crippen LogP contribution in [0, 0.1) is 0 Å². The Morgan fingerprint density at radius 2 is 1.68 bits per heavy atom. The Kier molecular flexibility index (Phi) is 5.84. The van der Waals surface area contributed by atoms with Crippen LogP contribution in [0.4, 0.5) is 28.8 Å². The van der Waals surface area contributed by atoms with Gasteiger partial charge < -0.3 is 16.0 Å². The van der Waals surface area contributed by atoms with Crippen LogP contribution in [-0.2, 0) is 6.54 Å². The number of anilines is 5. The number of nitrogens with two attached hydrogens (primary N) is 1. The van der Waals surface area contributed by atoms with Crippen molar-refractivity contribution in [3.63, 3.8) is 0 Å². The van der Waals surface area contributed by atoms with Crippen LogP contribution in [-0.4, -0.2) is 20.7 Å². The van der Waals surface area contributed by atoms with Crippen LogP contribution >= 0.6 is 0 Å². The van der Waals surface area contributed by atoms with E-state index in [-0.39, 0.29) is 5.78 Å². The third kappa shape index (κ3) is 4.67. The Morgan fingerprint density at radius 3 is 2.35 bits per heavy atom. The highest BCUT2D eigenvalue weighted by molar-refractivity contribution is 5.94. The first-order valence-electron chi connectivity index (χ1n) is 9.83. The first-order chi connectivity index (χ1) is 15.1. The van der Waals surface area contributed by atoms with E-state index in [4.69, 9.17) is 5.73 Å². The second-order valence-corrected chi connectivity index (χ2v) is 6.98. The van der Waals surface area contributed by atoms with Crippen molar-refractivity contribution in [2.45, 2.75) is 13.5 Å². The molecule has 3 N–H and O–H groups in total. The van der Waals surface area contributed by atoms with Gasteiger partial charge in [0.1, 0.15) is 17.8 Å². The van der Waals surface area contributed by atoms with Crippen molar-refractivity contribution in [2.75, 3.05) is 16.0 Å². The number of Topliss-reactive ketones (excluding diaryl/α,β-unsaturated/α-hetero) is 1. The number of nitrogens with one attached hydrogen (secondary N) is 1. The molecule has 0 spiro atoms. The monoisotopic (exact) mass is 410 g/mol. The summed E-state index contributed by atoms with van der Waals surface area (Å²) in [5.74, 6) is 1.78. The van der Waals surface area contributed by atoms with Gasteiger partial charge in [-0.2, -0.15) is 0 Å². The zero-order valence-corrected chi connectivity index (χ0v) is 17.1. The highest BCUT2D eigenvalue weighted by Gasteiger charge is 2.18. The fourth-order valence-electron chi connectivity index (χ4n) is 3.17. The van der Waals surface area contributed by atoms with Crippen LogP contribution < -0.4 is 16.0 Å². The van der Waals surface area contributed by atoms with Crippen molar-refractivity contribution >= 4 is 34.6 Å². The van der Waals surface area contributed by atoms with Crippen LogP contribution in [0.5, 0.6) is 0 Å². The highest BCUT2D eigenvalue weighted by atomic mass is 16.1. The van der Waals surface area contributed by atoms with E-state index in [0.717, 1.165) is 17.1 Å². The van der Waals surface area contributed by atoms with Crippen molar-refractivity contribution < 1.29 is 4.79 Å². The molecule has 0 aliphatic heterocycles. The van der Waals surface area contributed by atoms with E-state index < -0.39 is 0 Å². The Hall–Kier alpha value is -4.26. The molecular weight excluding hydrogens is 388 g/mol. The molecule has 0 atom stereocenters. The number of hydrogen-bond donors (Lipinski definition) is 2. The van der Waals surface area contributed by atoms with Gasteiger partial charge in [-0.25, -0.2) is 15.0 Å². The lowest BCUT2D eigenvalue weighted by molar-refractivity contribution is 0.101. The zero-order valence-electron chi connectivity index (χ0n) is 17.1. The summed E-state index contributed by atoms with van der Waals surface area (Å²) in [6.45, 7) is 2.09. The van der Waals surface area contributed by atoms with Crippen LogP contribution in [0.15, 0.2) is 85.3 Å². The number of pyridine rings is 1. The van der Waals surface area contributed by atoms with Gasteiger partial charge in [0.05, 0.1) is 6.54 Å². The average molecular weight is 410 g/mol. The van der Waals surface area contributed by atoms with Gasteiger partial charge in [-0.05, 0) is 48.9 Å². The number of benzene rings is 2. The first kappa shape index (κ1) is 20.0. The molecule has 0 aliphatic rings. The number of ketones is 1. The molecule has 4 aromatic rings. The van der Waals surface area contributed by atoms with Crippen molar-refractivity contribution in [1.29, 1.82) is 0 Å². The van der Waals surface area contributed by atoms with E-state index in [1.807, 2.05) is 65.6 Å². The third-order valence-corrected chi connectivity index (χ3v) is 4.78. The van der Waals surface area contributed by atoms with E-state index >= 15 is 0 Å². The van der Waals surface area contributed by atoms with E-state index in [0.29, 0.717) is 29.4 Å². The van der Waals surface area contributed by atoms with Gasteiger partial charge in [-0.1, -0.05) is 36.4 Å². The number of nitrogen functional groups attached to an aromatic ring is 1. The van der Waals surface area contributed by atoms with Crippen LogP contribution in [0.3, 0.4) is 0 Å². The summed E-state index contributed by atoms with van der Waals surface area (Å²) in [6.07, 6.45) is 3.21. The molecule has 0 saturated heterocycles. The first-order valence-corrected chi connectivity index (χ1v) is 9.83. The van der Waals surface area contributed by atoms with Crippen LogP contribution in [0.25, 0.3) is 0 Å². The predicted molar refractivity (Wildman–Crippen MR) is 123 cm³/mol. The third-order valence-electron chi connectivity index (χ3n) is 4.78. The van der Waals surface area contributed by atoms with Crippen molar-refractivity contribution in [3.05, 3.63) is 96.4 Å².